The number of ether oxygens (including phenoxy) is 3. The second-order valence-electron chi connectivity index (χ2n) is 9.17. The van der Waals surface area contributed by atoms with Crippen molar-refractivity contribution in [2.45, 2.75) is 31.3 Å². The van der Waals surface area contributed by atoms with E-state index in [0.717, 1.165) is 37.1 Å². The van der Waals surface area contributed by atoms with Crippen molar-refractivity contribution in [2.24, 2.45) is 5.92 Å². The number of unbranched alkanes of at least 4 members (excludes halogenated alkanes) is 1. The molecule has 3 nitrogen and oxygen atoms in total. The Kier molecular flexibility index (Phi) is 9.63. The Balaban J connectivity index is 1.46. The molecule has 0 amide bonds. The molecule has 2 atom stereocenters. The number of hydrogen-bond donors (Lipinski definition) is 0. The van der Waals surface area contributed by atoms with Crippen LogP contribution < -0.4 is 4.74 Å². The molecule has 0 radical (unpaired) electrons. The molecule has 40 heavy (non-hydrogen) atoms. The number of alkyl halides is 2. The first kappa shape index (κ1) is 30.1. The minimum Gasteiger partial charge on any atom is -0.429 e. The van der Waals surface area contributed by atoms with Crippen LogP contribution in [0.1, 0.15) is 36.3 Å². The van der Waals surface area contributed by atoms with Crippen LogP contribution >= 0.6 is 11.8 Å². The fourth-order valence-electron chi connectivity index (χ4n) is 4.04. The van der Waals surface area contributed by atoms with Gasteiger partial charge in [0, 0.05) is 29.9 Å². The topological polar surface area (TPSA) is 27.7 Å². The predicted octanol–water partition coefficient (Wildman–Crippen LogP) is 8.51. The van der Waals surface area contributed by atoms with E-state index in [1.807, 2.05) is 6.92 Å². The standard InChI is InChI=1S/C28H24F8O3S/c1-2-3-6-37-12-15-13-38-27(40-14-15)17-9-21(30)25(22(31)10-17)28(35,36)39-18-4-5-19(20(29)11-18)16-7-23(32)26(34)24(33)8-16/h4-5,7-11,15,27H,2-3,6,12-14H2,1H3. The van der Waals surface area contributed by atoms with Gasteiger partial charge in [0.1, 0.15) is 34.2 Å². The zero-order valence-electron chi connectivity index (χ0n) is 21.1. The van der Waals surface area contributed by atoms with Crippen LogP contribution in [0, 0.1) is 40.8 Å². The summed E-state index contributed by atoms with van der Waals surface area (Å²) in [7, 11) is 0. The summed E-state index contributed by atoms with van der Waals surface area (Å²) in [6.45, 7) is 3.42. The zero-order chi connectivity index (χ0) is 29.0. The lowest BCUT2D eigenvalue weighted by molar-refractivity contribution is -0.189. The molecule has 0 spiro atoms. The van der Waals surface area contributed by atoms with Gasteiger partial charge in [0.2, 0.25) is 0 Å². The van der Waals surface area contributed by atoms with Crippen molar-refractivity contribution in [1.82, 2.24) is 0 Å². The van der Waals surface area contributed by atoms with Crippen molar-refractivity contribution in [3.05, 3.63) is 88.5 Å². The van der Waals surface area contributed by atoms with Gasteiger partial charge in [-0.05, 0) is 53.9 Å². The largest absolute Gasteiger partial charge is 0.432 e. The molecular weight excluding hydrogens is 568 g/mol. The third-order valence-corrected chi connectivity index (χ3v) is 7.45. The Hall–Kier alpha value is -2.83. The second-order valence-corrected chi connectivity index (χ2v) is 10.3. The normalized spacial score (nSPS) is 17.7. The fraction of sp³-hybridized carbons (Fsp3) is 0.357. The Labute approximate surface area is 229 Å². The molecule has 3 aromatic carbocycles. The maximum absolute atomic E-state index is 14.9. The van der Waals surface area contributed by atoms with Crippen molar-refractivity contribution < 1.29 is 49.3 Å². The van der Waals surface area contributed by atoms with Crippen molar-refractivity contribution in [1.29, 1.82) is 0 Å². The van der Waals surface area contributed by atoms with Gasteiger partial charge < -0.3 is 14.2 Å². The first-order valence-corrected chi connectivity index (χ1v) is 13.4. The molecule has 0 saturated carbocycles. The first-order chi connectivity index (χ1) is 19.0. The molecule has 1 saturated heterocycles. The predicted molar refractivity (Wildman–Crippen MR) is 133 cm³/mol. The van der Waals surface area contributed by atoms with Gasteiger partial charge in [-0.15, -0.1) is 11.8 Å². The smallest absolute Gasteiger partial charge is 0.429 e. The number of thioether (sulfide) groups is 1. The summed E-state index contributed by atoms with van der Waals surface area (Å²) in [6.07, 6.45) is -2.63. The van der Waals surface area contributed by atoms with Gasteiger partial charge >= 0.3 is 6.11 Å². The summed E-state index contributed by atoms with van der Waals surface area (Å²) >= 11 is 1.26. The van der Waals surface area contributed by atoms with Crippen molar-refractivity contribution in [3.63, 3.8) is 0 Å². The summed E-state index contributed by atoms with van der Waals surface area (Å²) in [4.78, 5) is 0. The van der Waals surface area contributed by atoms with E-state index in [-0.39, 0.29) is 18.1 Å². The van der Waals surface area contributed by atoms with E-state index in [2.05, 4.69) is 4.74 Å². The molecule has 0 N–H and O–H groups in total. The lowest BCUT2D eigenvalue weighted by Crippen LogP contribution is -2.27. The Morgan fingerprint density at radius 3 is 2.15 bits per heavy atom. The minimum absolute atomic E-state index is 0.0130. The maximum Gasteiger partial charge on any atom is 0.432 e. The van der Waals surface area contributed by atoms with Gasteiger partial charge in [-0.25, -0.2) is 26.3 Å². The number of benzene rings is 3. The summed E-state index contributed by atoms with van der Waals surface area (Å²) < 4.78 is 130. The highest BCUT2D eigenvalue weighted by molar-refractivity contribution is 7.99. The van der Waals surface area contributed by atoms with Gasteiger partial charge in [-0.2, -0.15) is 8.78 Å². The van der Waals surface area contributed by atoms with Crippen LogP contribution in [0.3, 0.4) is 0 Å². The van der Waals surface area contributed by atoms with Gasteiger partial charge in [-0.3, -0.25) is 0 Å². The molecule has 4 rings (SSSR count). The molecule has 216 valence electrons. The van der Waals surface area contributed by atoms with Gasteiger partial charge in [0.15, 0.2) is 17.5 Å². The van der Waals surface area contributed by atoms with E-state index in [0.29, 0.717) is 37.2 Å². The molecule has 1 aliphatic heterocycles. The van der Waals surface area contributed by atoms with Crippen LogP contribution in [0.25, 0.3) is 11.1 Å². The van der Waals surface area contributed by atoms with Crippen LogP contribution in [0.5, 0.6) is 5.75 Å². The quantitative estimate of drug-likeness (QED) is 0.134. The SMILES string of the molecule is CCCCOCC1COC(c2cc(F)c(C(F)(F)Oc3ccc(-c4cc(F)c(F)c(F)c4)c(F)c3)c(F)c2)SC1. The number of halogens is 8. The third kappa shape index (κ3) is 6.90. The highest BCUT2D eigenvalue weighted by Crippen LogP contribution is 2.41. The Morgan fingerprint density at radius 2 is 1.57 bits per heavy atom. The number of hydrogen-bond acceptors (Lipinski definition) is 4. The molecular formula is C28H24F8O3S. The van der Waals surface area contributed by atoms with Gasteiger partial charge in [-0.1, -0.05) is 13.3 Å². The molecule has 12 heteroatoms. The second kappa shape index (κ2) is 12.8. The Bertz CT molecular complexity index is 1300. The molecule has 1 heterocycles. The van der Waals surface area contributed by atoms with E-state index in [1.54, 1.807) is 0 Å². The summed E-state index contributed by atoms with van der Waals surface area (Å²) in [5.41, 5.74) is -3.30. The van der Waals surface area contributed by atoms with Crippen molar-refractivity contribution >= 4 is 11.8 Å². The van der Waals surface area contributed by atoms with Crippen LogP contribution in [-0.4, -0.2) is 25.6 Å². The average Bonchev–Trinajstić information content (AvgIpc) is 2.89. The van der Waals surface area contributed by atoms with Gasteiger partial charge in [0.05, 0.1) is 13.2 Å². The van der Waals surface area contributed by atoms with E-state index < -0.39 is 68.9 Å². The summed E-state index contributed by atoms with van der Waals surface area (Å²) in [5, 5.41) is 0. The van der Waals surface area contributed by atoms with Crippen molar-refractivity contribution in [3.8, 4) is 16.9 Å². The number of rotatable bonds is 10. The van der Waals surface area contributed by atoms with Crippen LogP contribution in [0.15, 0.2) is 42.5 Å². The third-order valence-electron chi connectivity index (χ3n) is 6.07. The summed E-state index contributed by atoms with van der Waals surface area (Å²) in [6, 6.07) is 4.61. The van der Waals surface area contributed by atoms with E-state index in [4.69, 9.17) is 9.47 Å². The maximum atomic E-state index is 14.9. The lowest BCUT2D eigenvalue weighted by Gasteiger charge is -2.29. The first-order valence-electron chi connectivity index (χ1n) is 12.3. The monoisotopic (exact) mass is 592 g/mol. The average molecular weight is 593 g/mol. The van der Waals surface area contributed by atoms with E-state index in [1.165, 1.54) is 11.8 Å². The summed E-state index contributed by atoms with van der Waals surface area (Å²) in [5.74, 6) is -9.52. The Morgan fingerprint density at radius 1 is 0.900 bits per heavy atom. The van der Waals surface area contributed by atoms with Crippen molar-refractivity contribution in [2.75, 3.05) is 25.6 Å². The van der Waals surface area contributed by atoms with Gasteiger partial charge in [0.25, 0.3) is 0 Å². The molecule has 2 unspecified atom stereocenters. The highest BCUT2D eigenvalue weighted by Gasteiger charge is 2.42. The lowest BCUT2D eigenvalue weighted by atomic mass is 10.0. The molecule has 0 aromatic heterocycles. The molecule has 1 fully saturated rings. The van der Waals surface area contributed by atoms with Crippen LogP contribution in [0.4, 0.5) is 35.1 Å². The minimum atomic E-state index is -4.56. The van der Waals surface area contributed by atoms with Crippen LogP contribution in [0.2, 0.25) is 0 Å². The molecule has 1 aliphatic rings. The molecule has 0 aliphatic carbocycles. The van der Waals surface area contributed by atoms with Crippen LogP contribution in [-0.2, 0) is 15.6 Å². The molecule has 0 bridgehead atoms. The highest BCUT2D eigenvalue weighted by atomic mass is 32.2. The fourth-order valence-corrected chi connectivity index (χ4v) is 5.18. The zero-order valence-corrected chi connectivity index (χ0v) is 21.9. The molecule has 3 aromatic rings. The van der Waals surface area contributed by atoms with E-state index >= 15 is 0 Å². The van der Waals surface area contributed by atoms with E-state index in [9.17, 15) is 35.1 Å².